The van der Waals surface area contributed by atoms with Crippen molar-refractivity contribution >= 4 is 5.91 Å². The Morgan fingerprint density at radius 2 is 1.85 bits per heavy atom. The van der Waals surface area contributed by atoms with E-state index < -0.39 is 6.04 Å². The molecule has 110 valence electrons. The lowest BCUT2D eigenvalue weighted by Crippen LogP contribution is -2.44. The lowest BCUT2D eigenvalue weighted by molar-refractivity contribution is -0.123. The monoisotopic (exact) mass is 278 g/mol. The number of amides is 1. The fourth-order valence-corrected chi connectivity index (χ4v) is 2.02. The van der Waals surface area contributed by atoms with Crippen LogP contribution in [0.15, 0.2) is 18.2 Å². The number of hydrogen-bond acceptors (Lipinski definition) is 4. The molecule has 1 aliphatic heterocycles. The highest BCUT2D eigenvalue weighted by molar-refractivity contribution is 5.82. The molecule has 5 heteroatoms. The molecule has 3 N–H and O–H groups in total. The average molecular weight is 278 g/mol. The number of ether oxygens (including phenoxy) is 2. The largest absolute Gasteiger partial charge is 0.486 e. The molecule has 2 unspecified atom stereocenters. The van der Waals surface area contributed by atoms with Gasteiger partial charge in [-0.25, -0.2) is 0 Å². The molecule has 1 aliphatic rings. The summed E-state index contributed by atoms with van der Waals surface area (Å²) in [6.07, 6.45) is 0. The van der Waals surface area contributed by atoms with Crippen LogP contribution in [0.2, 0.25) is 0 Å². The van der Waals surface area contributed by atoms with Crippen LogP contribution in [-0.2, 0) is 4.79 Å². The standard InChI is InChI=1S/C15H22N2O3/c1-9(2)14(16)15(18)17-10(3)11-4-5-12-13(8-11)20-7-6-19-12/h4-5,8-10,14H,6-7,16H2,1-3H3,(H,17,18). The molecule has 5 nitrogen and oxygen atoms in total. The lowest BCUT2D eigenvalue weighted by atomic mass is 10.0. The number of nitrogens with one attached hydrogen (secondary N) is 1. The first-order valence-corrected chi connectivity index (χ1v) is 6.94. The van der Waals surface area contributed by atoms with Gasteiger partial charge in [-0.05, 0) is 30.5 Å². The smallest absolute Gasteiger partial charge is 0.237 e. The molecule has 0 fully saturated rings. The third-order valence-electron chi connectivity index (χ3n) is 3.45. The summed E-state index contributed by atoms with van der Waals surface area (Å²) in [6.45, 7) is 6.91. The van der Waals surface area contributed by atoms with Crippen LogP contribution in [0.5, 0.6) is 11.5 Å². The summed E-state index contributed by atoms with van der Waals surface area (Å²) in [5.74, 6) is 1.45. The van der Waals surface area contributed by atoms with Crippen LogP contribution in [0.4, 0.5) is 0 Å². The number of benzene rings is 1. The van der Waals surface area contributed by atoms with Gasteiger partial charge in [-0.15, -0.1) is 0 Å². The molecule has 0 saturated heterocycles. The maximum absolute atomic E-state index is 12.0. The van der Waals surface area contributed by atoms with Crippen molar-refractivity contribution in [3.8, 4) is 11.5 Å². The Balaban J connectivity index is 2.06. The molecule has 0 saturated carbocycles. The van der Waals surface area contributed by atoms with E-state index in [2.05, 4.69) is 5.32 Å². The van der Waals surface area contributed by atoms with Gasteiger partial charge in [0.1, 0.15) is 13.2 Å². The number of hydrogen-bond donors (Lipinski definition) is 2. The van der Waals surface area contributed by atoms with E-state index in [-0.39, 0.29) is 17.9 Å². The summed E-state index contributed by atoms with van der Waals surface area (Å²) in [4.78, 5) is 12.0. The van der Waals surface area contributed by atoms with Crippen LogP contribution in [0.3, 0.4) is 0 Å². The Kier molecular flexibility index (Phi) is 4.49. The molecule has 0 radical (unpaired) electrons. The zero-order valence-corrected chi connectivity index (χ0v) is 12.2. The van der Waals surface area contributed by atoms with Crippen LogP contribution in [0, 0.1) is 5.92 Å². The van der Waals surface area contributed by atoms with E-state index in [4.69, 9.17) is 15.2 Å². The minimum atomic E-state index is -0.491. The van der Waals surface area contributed by atoms with Crippen LogP contribution in [-0.4, -0.2) is 25.2 Å². The minimum Gasteiger partial charge on any atom is -0.486 e. The second-order valence-corrected chi connectivity index (χ2v) is 5.40. The first kappa shape index (κ1) is 14.7. The van der Waals surface area contributed by atoms with E-state index in [0.717, 1.165) is 17.1 Å². The van der Waals surface area contributed by atoms with Gasteiger partial charge >= 0.3 is 0 Å². The zero-order valence-electron chi connectivity index (χ0n) is 12.2. The fourth-order valence-electron chi connectivity index (χ4n) is 2.02. The van der Waals surface area contributed by atoms with Crippen molar-refractivity contribution in [2.45, 2.75) is 32.9 Å². The summed E-state index contributed by atoms with van der Waals surface area (Å²) in [5.41, 5.74) is 6.81. The molecule has 2 rings (SSSR count). The fraction of sp³-hybridized carbons (Fsp3) is 0.533. The van der Waals surface area contributed by atoms with Crippen LogP contribution >= 0.6 is 0 Å². The lowest BCUT2D eigenvalue weighted by Gasteiger charge is -2.22. The topological polar surface area (TPSA) is 73.6 Å². The second-order valence-electron chi connectivity index (χ2n) is 5.40. The van der Waals surface area contributed by atoms with E-state index in [0.29, 0.717) is 13.2 Å². The first-order valence-electron chi connectivity index (χ1n) is 6.94. The molecular weight excluding hydrogens is 256 g/mol. The molecule has 1 heterocycles. The second kappa shape index (κ2) is 6.13. The van der Waals surface area contributed by atoms with Gasteiger partial charge in [0, 0.05) is 0 Å². The summed E-state index contributed by atoms with van der Waals surface area (Å²) >= 11 is 0. The van der Waals surface area contributed by atoms with Crippen molar-refractivity contribution in [2.24, 2.45) is 11.7 Å². The van der Waals surface area contributed by atoms with Gasteiger partial charge < -0.3 is 20.5 Å². The van der Waals surface area contributed by atoms with Crippen molar-refractivity contribution in [2.75, 3.05) is 13.2 Å². The number of fused-ring (bicyclic) bond motifs is 1. The van der Waals surface area contributed by atoms with Crippen LogP contribution in [0.25, 0.3) is 0 Å². The molecule has 0 spiro atoms. The molecule has 1 amide bonds. The number of carbonyl (C=O) groups excluding carboxylic acids is 1. The highest BCUT2D eigenvalue weighted by Crippen LogP contribution is 2.32. The summed E-state index contributed by atoms with van der Waals surface area (Å²) < 4.78 is 11.0. The highest BCUT2D eigenvalue weighted by atomic mass is 16.6. The van der Waals surface area contributed by atoms with Crippen molar-refractivity contribution in [3.05, 3.63) is 23.8 Å². The van der Waals surface area contributed by atoms with E-state index in [1.165, 1.54) is 0 Å². The molecule has 20 heavy (non-hydrogen) atoms. The van der Waals surface area contributed by atoms with Gasteiger partial charge in [-0.3, -0.25) is 4.79 Å². The van der Waals surface area contributed by atoms with E-state index >= 15 is 0 Å². The molecule has 0 aliphatic carbocycles. The van der Waals surface area contributed by atoms with E-state index in [1.807, 2.05) is 39.0 Å². The maximum atomic E-state index is 12.0. The zero-order chi connectivity index (χ0) is 14.7. The Bertz CT molecular complexity index is 488. The molecule has 1 aromatic rings. The van der Waals surface area contributed by atoms with Crippen molar-refractivity contribution in [3.63, 3.8) is 0 Å². The third-order valence-corrected chi connectivity index (χ3v) is 3.45. The Labute approximate surface area is 119 Å². The number of carbonyl (C=O) groups is 1. The quantitative estimate of drug-likeness (QED) is 0.877. The Morgan fingerprint density at radius 1 is 1.20 bits per heavy atom. The van der Waals surface area contributed by atoms with Crippen LogP contribution in [0.1, 0.15) is 32.4 Å². The van der Waals surface area contributed by atoms with Crippen LogP contribution < -0.4 is 20.5 Å². The van der Waals surface area contributed by atoms with Gasteiger partial charge in [0.15, 0.2) is 11.5 Å². The third kappa shape index (κ3) is 3.22. The normalized spacial score (nSPS) is 16.6. The van der Waals surface area contributed by atoms with Gasteiger partial charge in [0.25, 0.3) is 0 Å². The predicted octanol–water partition coefficient (Wildman–Crippen LogP) is 1.62. The van der Waals surface area contributed by atoms with Crippen molar-refractivity contribution in [1.29, 1.82) is 0 Å². The molecule has 0 bridgehead atoms. The molecule has 1 aromatic carbocycles. The average Bonchev–Trinajstić information content (AvgIpc) is 2.45. The number of nitrogens with two attached hydrogens (primary N) is 1. The van der Waals surface area contributed by atoms with E-state index in [9.17, 15) is 4.79 Å². The molecule has 2 atom stereocenters. The summed E-state index contributed by atoms with van der Waals surface area (Å²) in [6, 6.07) is 5.09. The summed E-state index contributed by atoms with van der Waals surface area (Å²) in [5, 5.41) is 2.92. The molecular formula is C15H22N2O3. The van der Waals surface area contributed by atoms with Gasteiger partial charge in [0.05, 0.1) is 12.1 Å². The number of rotatable bonds is 4. The Morgan fingerprint density at radius 3 is 2.50 bits per heavy atom. The predicted molar refractivity (Wildman–Crippen MR) is 76.8 cm³/mol. The van der Waals surface area contributed by atoms with Crippen molar-refractivity contribution in [1.82, 2.24) is 5.32 Å². The maximum Gasteiger partial charge on any atom is 0.237 e. The van der Waals surface area contributed by atoms with Gasteiger partial charge in [-0.2, -0.15) is 0 Å². The molecule has 0 aromatic heterocycles. The van der Waals surface area contributed by atoms with Gasteiger partial charge in [-0.1, -0.05) is 19.9 Å². The summed E-state index contributed by atoms with van der Waals surface area (Å²) in [7, 11) is 0. The highest BCUT2D eigenvalue weighted by Gasteiger charge is 2.20. The van der Waals surface area contributed by atoms with Crippen molar-refractivity contribution < 1.29 is 14.3 Å². The van der Waals surface area contributed by atoms with E-state index in [1.54, 1.807) is 0 Å². The first-order chi connectivity index (χ1) is 9.49. The SMILES string of the molecule is CC(NC(=O)C(N)C(C)C)c1ccc2c(c1)OCCO2. The van der Waals surface area contributed by atoms with Gasteiger partial charge in [0.2, 0.25) is 5.91 Å². The minimum absolute atomic E-state index is 0.113. The Hall–Kier alpha value is -1.75.